The highest BCUT2D eigenvalue weighted by Crippen LogP contribution is 2.46. The van der Waals surface area contributed by atoms with E-state index >= 15 is 0 Å². The zero-order valence-corrected chi connectivity index (χ0v) is 21.9. The zero-order valence-electron chi connectivity index (χ0n) is 20.3. The number of benzene rings is 2. The first kappa shape index (κ1) is 26.5. The fourth-order valence-electron chi connectivity index (χ4n) is 5.00. The van der Waals surface area contributed by atoms with E-state index in [-0.39, 0.29) is 27.8 Å². The third-order valence-electron chi connectivity index (χ3n) is 6.19. The molecule has 1 aliphatic rings. The summed E-state index contributed by atoms with van der Waals surface area (Å²) in [6.07, 6.45) is 1.92. The third-order valence-corrected chi connectivity index (χ3v) is 9.15. The van der Waals surface area contributed by atoms with E-state index in [2.05, 4.69) is 23.3 Å². The lowest BCUT2D eigenvalue weighted by Crippen LogP contribution is -2.50. The number of hydrogen-bond acceptors (Lipinski definition) is 6. The Hall–Kier alpha value is -2.14. The second-order valence-corrected chi connectivity index (χ2v) is 13.5. The average molecular weight is 511 g/mol. The summed E-state index contributed by atoms with van der Waals surface area (Å²) in [6, 6.07) is 12.1. The Bertz CT molecular complexity index is 1190. The maximum Gasteiger partial charge on any atom is 0.240 e. The van der Waals surface area contributed by atoms with Crippen molar-refractivity contribution in [2.75, 3.05) is 20.8 Å². The molecule has 0 aliphatic heterocycles. The van der Waals surface area contributed by atoms with Gasteiger partial charge in [-0.2, -0.15) is 0 Å². The summed E-state index contributed by atoms with van der Waals surface area (Å²) in [5.74, 6) is 1.15. The molecular weight excluding hydrogens is 476 g/mol. The molecule has 188 valence electrons. The minimum atomic E-state index is -3.73. The summed E-state index contributed by atoms with van der Waals surface area (Å²) in [7, 11) is -4.41. The van der Waals surface area contributed by atoms with Crippen LogP contribution in [0.2, 0.25) is 0 Å². The first-order chi connectivity index (χ1) is 15.8. The topological polar surface area (TPSA) is 111 Å². The Morgan fingerprint density at radius 2 is 1.26 bits per heavy atom. The fourth-order valence-corrected chi connectivity index (χ4v) is 7.44. The van der Waals surface area contributed by atoms with E-state index in [4.69, 9.17) is 9.47 Å². The van der Waals surface area contributed by atoms with Crippen LogP contribution in [0.5, 0.6) is 11.5 Å². The molecule has 3 rings (SSSR count). The average Bonchev–Trinajstić information content (AvgIpc) is 2.76. The number of hydrogen-bond donors (Lipinski definition) is 2. The minimum absolute atomic E-state index is 0.156. The summed E-state index contributed by atoms with van der Waals surface area (Å²) in [5.41, 5.74) is -0.611. The molecule has 0 amide bonds. The lowest BCUT2D eigenvalue weighted by atomic mass is 9.63. The van der Waals surface area contributed by atoms with Crippen molar-refractivity contribution in [3.05, 3.63) is 48.5 Å². The second kappa shape index (κ2) is 9.85. The molecule has 1 saturated carbocycles. The van der Waals surface area contributed by atoms with E-state index in [1.54, 1.807) is 24.3 Å². The Labute approximate surface area is 203 Å². The minimum Gasteiger partial charge on any atom is -0.497 e. The molecule has 2 atom stereocenters. The SMILES string of the molecule is COc1ccc(S(=O)(=O)NCC2(C)CC(NS(=O)(=O)c3ccc(OC)cc3)CC(C)(C)C2)cc1. The Kier molecular flexibility index (Phi) is 7.66. The monoisotopic (exact) mass is 510 g/mol. The molecule has 10 heteroatoms. The molecule has 8 nitrogen and oxygen atoms in total. The van der Waals surface area contributed by atoms with E-state index in [9.17, 15) is 16.8 Å². The number of nitrogens with one attached hydrogen (secondary N) is 2. The van der Waals surface area contributed by atoms with Gasteiger partial charge in [-0.25, -0.2) is 26.3 Å². The van der Waals surface area contributed by atoms with Crippen LogP contribution in [0.1, 0.15) is 40.0 Å². The van der Waals surface area contributed by atoms with Gasteiger partial charge in [0.05, 0.1) is 24.0 Å². The molecule has 0 bridgehead atoms. The molecule has 0 heterocycles. The largest absolute Gasteiger partial charge is 0.497 e. The Balaban J connectivity index is 1.73. The van der Waals surface area contributed by atoms with Gasteiger partial charge >= 0.3 is 0 Å². The van der Waals surface area contributed by atoms with Crippen molar-refractivity contribution in [2.45, 2.75) is 55.9 Å². The first-order valence-corrected chi connectivity index (χ1v) is 14.0. The van der Waals surface area contributed by atoms with E-state index < -0.39 is 25.5 Å². The Morgan fingerprint density at radius 1 is 0.794 bits per heavy atom. The highest BCUT2D eigenvalue weighted by Gasteiger charge is 2.43. The van der Waals surface area contributed by atoms with E-state index in [1.165, 1.54) is 38.5 Å². The third kappa shape index (κ3) is 6.50. The van der Waals surface area contributed by atoms with Gasteiger partial charge in [0.2, 0.25) is 20.0 Å². The van der Waals surface area contributed by atoms with Crippen molar-refractivity contribution < 1.29 is 26.3 Å². The van der Waals surface area contributed by atoms with Crippen molar-refractivity contribution in [1.29, 1.82) is 0 Å². The lowest BCUT2D eigenvalue weighted by Gasteiger charge is -2.46. The van der Waals surface area contributed by atoms with Crippen molar-refractivity contribution in [3.8, 4) is 11.5 Å². The number of methoxy groups -OCH3 is 2. The van der Waals surface area contributed by atoms with Gasteiger partial charge in [-0.3, -0.25) is 0 Å². The maximum absolute atomic E-state index is 13.0. The van der Waals surface area contributed by atoms with Crippen LogP contribution in [0.4, 0.5) is 0 Å². The molecular formula is C24H34N2O6S2. The maximum atomic E-state index is 13.0. The first-order valence-electron chi connectivity index (χ1n) is 11.1. The van der Waals surface area contributed by atoms with E-state index in [0.717, 1.165) is 6.42 Å². The molecule has 2 unspecified atom stereocenters. The van der Waals surface area contributed by atoms with Crippen LogP contribution in [0.3, 0.4) is 0 Å². The van der Waals surface area contributed by atoms with Crippen LogP contribution in [0, 0.1) is 10.8 Å². The van der Waals surface area contributed by atoms with Crippen LogP contribution < -0.4 is 18.9 Å². The van der Waals surface area contributed by atoms with Gasteiger partial charge in [-0.15, -0.1) is 0 Å². The molecule has 34 heavy (non-hydrogen) atoms. The predicted molar refractivity (Wildman–Crippen MR) is 131 cm³/mol. The van der Waals surface area contributed by atoms with Crippen LogP contribution >= 0.6 is 0 Å². The van der Waals surface area contributed by atoms with E-state index in [0.29, 0.717) is 24.3 Å². The summed E-state index contributed by atoms with van der Waals surface area (Å²) in [6.45, 7) is 6.36. The number of rotatable bonds is 9. The highest BCUT2D eigenvalue weighted by molar-refractivity contribution is 7.89. The van der Waals surface area contributed by atoms with Crippen LogP contribution in [-0.4, -0.2) is 43.6 Å². The molecule has 2 aromatic rings. The van der Waals surface area contributed by atoms with Crippen molar-refractivity contribution in [2.24, 2.45) is 10.8 Å². The molecule has 0 saturated heterocycles. The van der Waals surface area contributed by atoms with Gasteiger partial charge in [-0.1, -0.05) is 20.8 Å². The standard InChI is InChI=1S/C24H34N2O6S2/c1-23(2)14-18(26-34(29,30)22-12-8-20(32-5)9-13-22)15-24(3,16-23)17-25-33(27,28)21-10-6-19(31-4)7-11-21/h6-13,18,25-26H,14-17H2,1-5H3. The van der Waals surface area contributed by atoms with Gasteiger partial charge in [0.25, 0.3) is 0 Å². The normalized spacial score (nSPS) is 22.8. The van der Waals surface area contributed by atoms with Gasteiger partial charge < -0.3 is 9.47 Å². The number of sulfonamides is 2. The lowest BCUT2D eigenvalue weighted by molar-refractivity contribution is 0.0821. The highest BCUT2D eigenvalue weighted by atomic mass is 32.2. The summed E-state index contributed by atoms with van der Waals surface area (Å²) in [5, 5.41) is 0. The van der Waals surface area contributed by atoms with Crippen molar-refractivity contribution >= 4 is 20.0 Å². The van der Waals surface area contributed by atoms with Crippen LogP contribution in [-0.2, 0) is 20.0 Å². The Morgan fingerprint density at radius 3 is 1.74 bits per heavy atom. The van der Waals surface area contributed by atoms with Gasteiger partial charge in [0, 0.05) is 12.6 Å². The zero-order chi connectivity index (χ0) is 25.2. The molecule has 0 radical (unpaired) electrons. The van der Waals surface area contributed by atoms with Crippen LogP contribution in [0.25, 0.3) is 0 Å². The van der Waals surface area contributed by atoms with E-state index in [1.807, 2.05) is 6.92 Å². The molecule has 2 aromatic carbocycles. The summed E-state index contributed by atoms with van der Waals surface area (Å²) >= 11 is 0. The van der Waals surface area contributed by atoms with Crippen molar-refractivity contribution in [3.63, 3.8) is 0 Å². The summed E-state index contributed by atoms with van der Waals surface area (Å²) in [4.78, 5) is 0.322. The van der Waals surface area contributed by atoms with Crippen molar-refractivity contribution in [1.82, 2.24) is 9.44 Å². The molecule has 0 aromatic heterocycles. The second-order valence-electron chi connectivity index (χ2n) is 10.1. The number of ether oxygens (including phenoxy) is 2. The fraction of sp³-hybridized carbons (Fsp3) is 0.500. The van der Waals surface area contributed by atoms with Gasteiger partial charge in [0.1, 0.15) is 11.5 Å². The molecule has 1 fully saturated rings. The predicted octanol–water partition coefficient (Wildman–Crippen LogP) is 3.55. The quantitative estimate of drug-likeness (QED) is 0.534. The molecule has 0 spiro atoms. The van der Waals surface area contributed by atoms with Gasteiger partial charge in [-0.05, 0) is 78.6 Å². The smallest absolute Gasteiger partial charge is 0.240 e. The van der Waals surface area contributed by atoms with Crippen LogP contribution in [0.15, 0.2) is 58.3 Å². The molecule has 1 aliphatic carbocycles. The van der Waals surface area contributed by atoms with Gasteiger partial charge in [0.15, 0.2) is 0 Å². The summed E-state index contributed by atoms with van der Waals surface area (Å²) < 4.78 is 67.5. The molecule has 2 N–H and O–H groups in total.